The third kappa shape index (κ3) is 2.96. The third-order valence-corrected chi connectivity index (χ3v) is 4.46. The van der Waals surface area contributed by atoms with E-state index in [1.54, 1.807) is 29.4 Å². The molecule has 2 fully saturated rings. The minimum Gasteiger partial charge on any atom is -0.458 e. The highest BCUT2D eigenvalue weighted by Crippen LogP contribution is 2.36. The highest BCUT2D eigenvalue weighted by Gasteiger charge is 2.46. The monoisotopic (exact) mass is 330 g/mol. The van der Waals surface area contributed by atoms with Gasteiger partial charge in [-0.15, -0.1) is 0 Å². The summed E-state index contributed by atoms with van der Waals surface area (Å²) in [6.07, 6.45) is 7.16. The van der Waals surface area contributed by atoms with Crippen molar-refractivity contribution < 1.29 is 18.8 Å². The van der Waals surface area contributed by atoms with Crippen LogP contribution in [0.1, 0.15) is 29.8 Å². The number of carbonyl (C=O) groups excluding carboxylic acids is 1. The van der Waals surface area contributed by atoms with Crippen LogP contribution in [-0.2, 0) is 4.74 Å². The second kappa shape index (κ2) is 6.20. The zero-order valence-corrected chi connectivity index (χ0v) is 13.1. The summed E-state index contributed by atoms with van der Waals surface area (Å²) in [5.74, 6) is 0.112. The van der Waals surface area contributed by atoms with Crippen molar-refractivity contribution in [1.29, 1.82) is 0 Å². The molecule has 0 N–H and O–H groups in total. The van der Waals surface area contributed by atoms with Crippen LogP contribution in [-0.4, -0.2) is 57.3 Å². The van der Waals surface area contributed by atoms with Crippen LogP contribution in [0.25, 0.3) is 0 Å². The Kier molecular flexibility index (Phi) is 3.89. The molecule has 2 aromatic rings. The molecular weight excluding hydrogens is 312 g/mol. The molecule has 2 saturated heterocycles. The van der Waals surface area contributed by atoms with E-state index in [0.29, 0.717) is 32.1 Å². The van der Waals surface area contributed by atoms with Crippen LogP contribution in [0.3, 0.4) is 0 Å². The first-order valence-corrected chi connectivity index (χ1v) is 8.02. The summed E-state index contributed by atoms with van der Waals surface area (Å²) < 4.78 is 16.8. The summed E-state index contributed by atoms with van der Waals surface area (Å²) in [6, 6.07) is 3.68. The van der Waals surface area contributed by atoms with Gasteiger partial charge in [-0.3, -0.25) is 4.79 Å². The molecule has 24 heavy (non-hydrogen) atoms. The number of ether oxygens (including phenoxy) is 2. The second-order valence-electron chi connectivity index (χ2n) is 6.18. The maximum absolute atomic E-state index is 12.5. The number of aromatic nitrogens is 3. The first-order chi connectivity index (χ1) is 11.7. The van der Waals surface area contributed by atoms with Crippen LogP contribution in [0.2, 0.25) is 0 Å². The van der Waals surface area contributed by atoms with Crippen molar-refractivity contribution >= 4 is 5.91 Å². The van der Waals surface area contributed by atoms with Crippen molar-refractivity contribution in [2.24, 2.45) is 0 Å². The van der Waals surface area contributed by atoms with Crippen LogP contribution in [0.4, 0.5) is 0 Å². The molecule has 4 rings (SSSR count). The Labute approximate surface area is 138 Å². The van der Waals surface area contributed by atoms with E-state index >= 15 is 0 Å². The standard InChI is InChI=1S/C16H18N4O4/c21-14(13-3-7-19-24-13)20-8-1-4-16(11-20)9-12(10-22-16)23-15-17-5-2-6-18-15/h2-3,5-7,12H,1,4,8-11H2/t12-,16-/m0/s1. The molecule has 2 atom stereocenters. The smallest absolute Gasteiger partial charge is 0.316 e. The van der Waals surface area contributed by atoms with Crippen molar-refractivity contribution in [3.8, 4) is 6.01 Å². The van der Waals surface area contributed by atoms with Gasteiger partial charge in [0.2, 0.25) is 5.76 Å². The molecule has 126 valence electrons. The highest BCUT2D eigenvalue weighted by atomic mass is 16.6. The topological polar surface area (TPSA) is 90.6 Å². The fourth-order valence-electron chi connectivity index (χ4n) is 3.41. The van der Waals surface area contributed by atoms with E-state index in [0.717, 1.165) is 12.8 Å². The molecule has 1 amide bonds. The Hall–Kier alpha value is -2.48. The predicted octanol–water partition coefficient (Wildman–Crippen LogP) is 1.31. The van der Waals surface area contributed by atoms with E-state index in [9.17, 15) is 4.79 Å². The van der Waals surface area contributed by atoms with Gasteiger partial charge in [0.1, 0.15) is 6.10 Å². The summed E-state index contributed by atoms with van der Waals surface area (Å²) in [7, 11) is 0. The summed E-state index contributed by atoms with van der Waals surface area (Å²) in [5.41, 5.74) is -0.368. The van der Waals surface area contributed by atoms with Crippen molar-refractivity contribution in [2.45, 2.75) is 31.0 Å². The molecule has 2 aliphatic heterocycles. The molecule has 0 radical (unpaired) electrons. The third-order valence-electron chi connectivity index (χ3n) is 4.46. The first kappa shape index (κ1) is 15.1. The maximum atomic E-state index is 12.5. The fourth-order valence-corrected chi connectivity index (χ4v) is 3.41. The molecule has 0 aromatic carbocycles. The Morgan fingerprint density at radius 2 is 2.21 bits per heavy atom. The van der Waals surface area contributed by atoms with Crippen LogP contribution in [0, 0.1) is 0 Å². The van der Waals surface area contributed by atoms with Crippen LogP contribution in [0.5, 0.6) is 6.01 Å². The zero-order valence-electron chi connectivity index (χ0n) is 13.1. The molecule has 1 spiro atoms. The molecule has 4 heterocycles. The largest absolute Gasteiger partial charge is 0.458 e. The number of rotatable bonds is 3. The Morgan fingerprint density at radius 3 is 3.00 bits per heavy atom. The minimum absolute atomic E-state index is 0.104. The average molecular weight is 330 g/mol. The van der Waals surface area contributed by atoms with E-state index in [4.69, 9.17) is 14.0 Å². The lowest BCUT2D eigenvalue weighted by Crippen LogP contribution is -2.50. The molecular formula is C16H18N4O4. The van der Waals surface area contributed by atoms with Crippen molar-refractivity contribution in [3.63, 3.8) is 0 Å². The molecule has 8 nitrogen and oxygen atoms in total. The molecule has 0 unspecified atom stereocenters. The number of nitrogens with zero attached hydrogens (tertiary/aromatic N) is 4. The predicted molar refractivity (Wildman–Crippen MR) is 81.4 cm³/mol. The average Bonchev–Trinajstić information content (AvgIpc) is 3.26. The maximum Gasteiger partial charge on any atom is 0.316 e. The minimum atomic E-state index is -0.368. The van der Waals surface area contributed by atoms with Gasteiger partial charge in [0.15, 0.2) is 0 Å². The lowest BCUT2D eigenvalue weighted by molar-refractivity contribution is -0.0460. The SMILES string of the molecule is O=C(c1ccno1)N1CCC[C@]2(C[C@H](Oc3ncccn3)CO2)C1. The van der Waals surface area contributed by atoms with Gasteiger partial charge in [0.25, 0.3) is 5.91 Å². The summed E-state index contributed by atoms with van der Waals surface area (Å²) >= 11 is 0. The van der Waals surface area contributed by atoms with Gasteiger partial charge in [0.05, 0.1) is 24.9 Å². The van der Waals surface area contributed by atoms with Gasteiger partial charge in [-0.2, -0.15) is 0 Å². The number of hydrogen-bond acceptors (Lipinski definition) is 7. The van der Waals surface area contributed by atoms with Crippen LogP contribution < -0.4 is 4.74 Å². The van der Waals surface area contributed by atoms with Crippen molar-refractivity contribution in [2.75, 3.05) is 19.7 Å². The fraction of sp³-hybridized carbons (Fsp3) is 0.500. The molecule has 2 aliphatic rings. The van der Waals surface area contributed by atoms with Crippen molar-refractivity contribution in [1.82, 2.24) is 20.0 Å². The van der Waals surface area contributed by atoms with E-state index < -0.39 is 0 Å². The van der Waals surface area contributed by atoms with Gasteiger partial charge in [0, 0.05) is 31.4 Å². The molecule has 0 bridgehead atoms. The molecule has 8 heteroatoms. The van der Waals surface area contributed by atoms with E-state index in [-0.39, 0.29) is 23.4 Å². The number of likely N-dealkylation sites (tertiary alicyclic amines) is 1. The number of amides is 1. The highest BCUT2D eigenvalue weighted by molar-refractivity contribution is 5.91. The Bertz CT molecular complexity index is 693. The quantitative estimate of drug-likeness (QED) is 0.838. The lowest BCUT2D eigenvalue weighted by Gasteiger charge is -2.39. The normalized spacial score (nSPS) is 26.7. The van der Waals surface area contributed by atoms with Gasteiger partial charge < -0.3 is 18.9 Å². The van der Waals surface area contributed by atoms with Gasteiger partial charge in [-0.25, -0.2) is 9.97 Å². The number of piperidine rings is 1. The second-order valence-corrected chi connectivity index (χ2v) is 6.18. The van der Waals surface area contributed by atoms with Crippen LogP contribution >= 0.6 is 0 Å². The van der Waals surface area contributed by atoms with E-state index in [1.807, 2.05) is 0 Å². The molecule has 0 aliphatic carbocycles. The Balaban J connectivity index is 1.41. The molecule has 2 aromatic heterocycles. The summed E-state index contributed by atoms with van der Waals surface area (Å²) in [6.45, 7) is 1.70. The van der Waals surface area contributed by atoms with E-state index in [2.05, 4.69) is 15.1 Å². The summed E-state index contributed by atoms with van der Waals surface area (Å²) in [5, 5.41) is 3.60. The van der Waals surface area contributed by atoms with Gasteiger partial charge >= 0.3 is 6.01 Å². The van der Waals surface area contributed by atoms with Crippen molar-refractivity contribution in [3.05, 3.63) is 36.5 Å². The van der Waals surface area contributed by atoms with Gasteiger partial charge in [-0.1, -0.05) is 5.16 Å². The zero-order chi connectivity index (χ0) is 16.4. The molecule has 0 saturated carbocycles. The number of carbonyl (C=O) groups is 1. The van der Waals surface area contributed by atoms with E-state index in [1.165, 1.54) is 6.20 Å². The lowest BCUT2D eigenvalue weighted by atomic mass is 9.89. The van der Waals surface area contributed by atoms with Gasteiger partial charge in [-0.05, 0) is 18.9 Å². The summed E-state index contributed by atoms with van der Waals surface area (Å²) in [4.78, 5) is 22.4. The Morgan fingerprint density at radius 1 is 1.33 bits per heavy atom. The first-order valence-electron chi connectivity index (χ1n) is 8.02. The number of hydrogen-bond donors (Lipinski definition) is 0. The van der Waals surface area contributed by atoms with Crippen LogP contribution in [0.15, 0.2) is 35.2 Å².